The third kappa shape index (κ3) is 4.28. The Kier molecular flexibility index (Phi) is 5.31. The van der Waals surface area contributed by atoms with Crippen LogP contribution in [0, 0.1) is 5.82 Å². The Morgan fingerprint density at radius 1 is 1.09 bits per heavy atom. The van der Waals surface area contributed by atoms with Crippen molar-refractivity contribution in [3.8, 4) is 5.75 Å². The summed E-state index contributed by atoms with van der Waals surface area (Å²) in [6.45, 7) is 4.49. The number of benzene rings is 1. The molecule has 2 amide bonds. The maximum Gasteiger partial charge on any atom is 0.260 e. The smallest absolute Gasteiger partial charge is 0.260 e. The number of carbonyl (C=O) groups is 3. The highest BCUT2D eigenvalue weighted by molar-refractivity contribution is 5.94. The Labute approximate surface area is 133 Å². The fourth-order valence-corrected chi connectivity index (χ4v) is 2.38. The first kappa shape index (κ1) is 16.9. The number of piperazine rings is 1. The van der Waals surface area contributed by atoms with Crippen molar-refractivity contribution < 1.29 is 23.5 Å². The van der Waals surface area contributed by atoms with Crippen LogP contribution < -0.4 is 4.74 Å². The van der Waals surface area contributed by atoms with Gasteiger partial charge in [0.1, 0.15) is 11.6 Å². The molecular weight excluding hydrogens is 303 g/mol. The lowest BCUT2D eigenvalue weighted by molar-refractivity contribution is -0.139. The molecule has 0 bridgehead atoms. The Morgan fingerprint density at radius 2 is 1.70 bits per heavy atom. The van der Waals surface area contributed by atoms with Crippen molar-refractivity contribution >= 4 is 17.6 Å². The van der Waals surface area contributed by atoms with Gasteiger partial charge < -0.3 is 14.5 Å². The molecule has 1 heterocycles. The molecule has 0 aliphatic carbocycles. The van der Waals surface area contributed by atoms with Gasteiger partial charge in [-0.3, -0.25) is 14.4 Å². The summed E-state index contributed by atoms with van der Waals surface area (Å²) in [6.07, 6.45) is 0. The maximum absolute atomic E-state index is 13.7. The minimum atomic E-state index is -0.669. The Balaban J connectivity index is 1.86. The maximum atomic E-state index is 13.7. The first-order valence-electron chi connectivity index (χ1n) is 7.35. The Bertz CT molecular complexity index is 625. The minimum absolute atomic E-state index is 0.00520. The molecule has 1 aliphatic rings. The number of ketones is 1. The number of hydrogen-bond donors (Lipinski definition) is 0. The molecule has 0 atom stereocenters. The van der Waals surface area contributed by atoms with E-state index in [1.165, 1.54) is 26.0 Å². The molecule has 1 aromatic rings. The summed E-state index contributed by atoms with van der Waals surface area (Å²) in [5.41, 5.74) is -0.0102. The van der Waals surface area contributed by atoms with Crippen molar-refractivity contribution in [1.29, 1.82) is 0 Å². The molecule has 0 N–H and O–H groups in total. The van der Waals surface area contributed by atoms with Crippen LogP contribution in [0.25, 0.3) is 0 Å². The SMILES string of the molecule is CC(=O)c1ccc(OCC(=O)N2CCN(C(C)=O)CC2)cc1F. The van der Waals surface area contributed by atoms with Crippen LogP contribution in [0.2, 0.25) is 0 Å². The predicted octanol–water partition coefficient (Wildman–Crippen LogP) is 1.10. The summed E-state index contributed by atoms with van der Waals surface area (Å²) >= 11 is 0. The van der Waals surface area contributed by atoms with Gasteiger partial charge in [-0.2, -0.15) is 0 Å². The van der Waals surface area contributed by atoms with Crippen LogP contribution in [0.1, 0.15) is 24.2 Å². The van der Waals surface area contributed by atoms with Gasteiger partial charge in [-0.1, -0.05) is 0 Å². The Hall–Kier alpha value is -2.44. The molecule has 0 saturated carbocycles. The van der Waals surface area contributed by atoms with E-state index in [1.807, 2.05) is 0 Å². The van der Waals surface area contributed by atoms with E-state index in [9.17, 15) is 18.8 Å². The van der Waals surface area contributed by atoms with Crippen LogP contribution >= 0.6 is 0 Å². The molecule has 23 heavy (non-hydrogen) atoms. The summed E-state index contributed by atoms with van der Waals surface area (Å²) < 4.78 is 19.0. The zero-order chi connectivity index (χ0) is 17.0. The van der Waals surface area contributed by atoms with Gasteiger partial charge >= 0.3 is 0 Å². The minimum Gasteiger partial charge on any atom is -0.484 e. The third-order valence-electron chi connectivity index (χ3n) is 3.76. The van der Waals surface area contributed by atoms with Gasteiger partial charge in [-0.15, -0.1) is 0 Å². The van der Waals surface area contributed by atoms with E-state index >= 15 is 0 Å². The van der Waals surface area contributed by atoms with Gasteiger partial charge in [0, 0.05) is 39.2 Å². The normalized spacial score (nSPS) is 14.6. The fourth-order valence-electron chi connectivity index (χ4n) is 2.38. The van der Waals surface area contributed by atoms with Crippen LogP contribution in [0.3, 0.4) is 0 Å². The van der Waals surface area contributed by atoms with Crippen LogP contribution in [0.15, 0.2) is 18.2 Å². The number of rotatable bonds is 4. The molecule has 124 valence electrons. The highest BCUT2D eigenvalue weighted by Gasteiger charge is 2.22. The fraction of sp³-hybridized carbons (Fsp3) is 0.438. The lowest BCUT2D eigenvalue weighted by Gasteiger charge is -2.34. The van der Waals surface area contributed by atoms with Crippen LogP contribution in [-0.4, -0.2) is 60.2 Å². The van der Waals surface area contributed by atoms with Gasteiger partial charge in [0.05, 0.1) is 5.56 Å². The molecule has 1 aliphatic heterocycles. The van der Waals surface area contributed by atoms with E-state index < -0.39 is 5.82 Å². The summed E-state index contributed by atoms with van der Waals surface area (Å²) in [5.74, 6) is -1.06. The monoisotopic (exact) mass is 322 g/mol. The average Bonchev–Trinajstić information content (AvgIpc) is 2.52. The van der Waals surface area contributed by atoms with Crippen molar-refractivity contribution in [2.45, 2.75) is 13.8 Å². The largest absolute Gasteiger partial charge is 0.484 e. The number of carbonyl (C=O) groups excluding carboxylic acids is 3. The molecule has 6 nitrogen and oxygen atoms in total. The molecule has 0 unspecified atom stereocenters. The van der Waals surface area contributed by atoms with E-state index in [-0.39, 0.29) is 35.5 Å². The lowest BCUT2D eigenvalue weighted by Crippen LogP contribution is -2.51. The van der Waals surface area contributed by atoms with Crippen molar-refractivity contribution in [3.63, 3.8) is 0 Å². The third-order valence-corrected chi connectivity index (χ3v) is 3.76. The van der Waals surface area contributed by atoms with Gasteiger partial charge in [0.15, 0.2) is 12.4 Å². The first-order valence-corrected chi connectivity index (χ1v) is 7.35. The van der Waals surface area contributed by atoms with Crippen LogP contribution in [-0.2, 0) is 9.59 Å². The molecule has 2 rings (SSSR count). The van der Waals surface area contributed by atoms with E-state index in [0.29, 0.717) is 26.2 Å². The number of halogens is 1. The standard InChI is InChI=1S/C16H19FN2O4/c1-11(20)14-4-3-13(9-15(14)17)23-10-16(22)19-7-5-18(6-8-19)12(2)21/h3-4,9H,5-8,10H2,1-2H3. The molecular formula is C16H19FN2O4. The molecule has 7 heteroatoms. The molecule has 1 aromatic carbocycles. The number of Topliss-reactive ketones (excluding diaryl/α,β-unsaturated/α-hetero) is 1. The second kappa shape index (κ2) is 7.21. The number of nitrogens with zero attached hydrogens (tertiary/aromatic N) is 2. The quantitative estimate of drug-likeness (QED) is 0.779. The van der Waals surface area contributed by atoms with E-state index in [2.05, 4.69) is 0 Å². The van der Waals surface area contributed by atoms with E-state index in [1.54, 1.807) is 9.80 Å². The summed E-state index contributed by atoms with van der Waals surface area (Å²) in [5, 5.41) is 0. The molecule has 0 spiro atoms. The van der Waals surface area contributed by atoms with Crippen LogP contribution in [0.5, 0.6) is 5.75 Å². The van der Waals surface area contributed by atoms with E-state index in [4.69, 9.17) is 4.74 Å². The van der Waals surface area contributed by atoms with Crippen molar-refractivity contribution in [2.24, 2.45) is 0 Å². The average molecular weight is 322 g/mol. The summed E-state index contributed by atoms with van der Waals surface area (Å²) in [4.78, 5) is 37.7. The first-order chi connectivity index (χ1) is 10.9. The van der Waals surface area contributed by atoms with Crippen molar-refractivity contribution in [1.82, 2.24) is 9.80 Å². The van der Waals surface area contributed by atoms with E-state index in [0.717, 1.165) is 6.07 Å². The Morgan fingerprint density at radius 3 is 2.22 bits per heavy atom. The van der Waals surface area contributed by atoms with Gasteiger partial charge in [0.25, 0.3) is 5.91 Å². The second-order valence-corrected chi connectivity index (χ2v) is 5.37. The number of ether oxygens (including phenoxy) is 1. The van der Waals surface area contributed by atoms with Gasteiger partial charge in [-0.05, 0) is 19.1 Å². The van der Waals surface area contributed by atoms with Gasteiger partial charge in [0.2, 0.25) is 5.91 Å². The molecule has 1 saturated heterocycles. The zero-order valence-electron chi connectivity index (χ0n) is 13.2. The predicted molar refractivity (Wildman–Crippen MR) is 80.7 cm³/mol. The topological polar surface area (TPSA) is 66.9 Å². The lowest BCUT2D eigenvalue weighted by atomic mass is 10.1. The number of amides is 2. The zero-order valence-corrected chi connectivity index (χ0v) is 13.2. The second-order valence-electron chi connectivity index (χ2n) is 5.37. The van der Waals surface area contributed by atoms with Gasteiger partial charge in [-0.25, -0.2) is 4.39 Å². The van der Waals surface area contributed by atoms with Crippen LogP contribution in [0.4, 0.5) is 4.39 Å². The van der Waals surface area contributed by atoms with Crippen molar-refractivity contribution in [3.05, 3.63) is 29.6 Å². The highest BCUT2D eigenvalue weighted by Crippen LogP contribution is 2.17. The summed E-state index contributed by atoms with van der Waals surface area (Å²) in [6, 6.07) is 3.89. The molecule has 0 aromatic heterocycles. The summed E-state index contributed by atoms with van der Waals surface area (Å²) in [7, 11) is 0. The number of hydrogen-bond acceptors (Lipinski definition) is 4. The highest BCUT2D eigenvalue weighted by atomic mass is 19.1. The molecule has 1 fully saturated rings. The van der Waals surface area contributed by atoms with Crippen molar-refractivity contribution in [2.75, 3.05) is 32.8 Å². The molecule has 0 radical (unpaired) electrons.